The van der Waals surface area contributed by atoms with Crippen LogP contribution in [0.1, 0.15) is 21.6 Å². The lowest BCUT2D eigenvalue weighted by atomic mass is 10.1. The zero-order valence-electron chi connectivity index (χ0n) is 9.64. The van der Waals surface area contributed by atoms with Gasteiger partial charge in [0, 0.05) is 11.2 Å². The summed E-state index contributed by atoms with van der Waals surface area (Å²) in [4.78, 5) is 14.5. The summed E-state index contributed by atoms with van der Waals surface area (Å²) in [5, 5.41) is 9.47. The van der Waals surface area contributed by atoms with E-state index in [4.69, 9.17) is 16.7 Å². The van der Waals surface area contributed by atoms with Crippen LogP contribution in [0.4, 0.5) is 0 Å². The van der Waals surface area contributed by atoms with Crippen LogP contribution in [0.25, 0.3) is 0 Å². The standard InChI is InChI=1S/C14H12ClNO2/c15-12-3-1-2-10(8-12)4-5-11-6-7-13(14(17)18)16-9-11/h1-3,6-9H,4-5H2,(H,17,18). The monoisotopic (exact) mass is 261 g/mol. The number of nitrogens with zero attached hydrogens (tertiary/aromatic N) is 1. The molecule has 0 amide bonds. The molecule has 2 rings (SSSR count). The zero-order valence-corrected chi connectivity index (χ0v) is 10.4. The molecule has 0 aliphatic heterocycles. The summed E-state index contributed by atoms with van der Waals surface area (Å²) >= 11 is 5.90. The third-order valence-corrected chi connectivity index (χ3v) is 2.87. The third-order valence-electron chi connectivity index (χ3n) is 2.64. The Morgan fingerprint density at radius 1 is 1.17 bits per heavy atom. The Bertz CT molecular complexity index is 552. The molecule has 0 aliphatic carbocycles. The number of hydrogen-bond donors (Lipinski definition) is 1. The minimum atomic E-state index is -1.00. The average Bonchev–Trinajstić information content (AvgIpc) is 2.37. The van der Waals surface area contributed by atoms with Gasteiger partial charge in [-0.3, -0.25) is 0 Å². The molecule has 0 unspecified atom stereocenters. The van der Waals surface area contributed by atoms with Crippen molar-refractivity contribution < 1.29 is 9.90 Å². The number of carboxylic acids is 1. The lowest BCUT2D eigenvalue weighted by molar-refractivity contribution is 0.0690. The van der Waals surface area contributed by atoms with Gasteiger partial charge in [0.15, 0.2) is 0 Å². The SMILES string of the molecule is O=C(O)c1ccc(CCc2cccc(Cl)c2)cn1. The summed E-state index contributed by atoms with van der Waals surface area (Å²) in [6, 6.07) is 11.0. The normalized spacial score (nSPS) is 10.3. The Morgan fingerprint density at radius 3 is 2.56 bits per heavy atom. The number of hydrogen-bond acceptors (Lipinski definition) is 2. The lowest BCUT2D eigenvalue weighted by Gasteiger charge is -2.03. The molecule has 0 fully saturated rings. The van der Waals surface area contributed by atoms with Crippen LogP contribution in [0, 0.1) is 0 Å². The van der Waals surface area contributed by atoms with Gasteiger partial charge in [-0.15, -0.1) is 0 Å². The first kappa shape index (κ1) is 12.6. The van der Waals surface area contributed by atoms with Gasteiger partial charge in [-0.1, -0.05) is 29.8 Å². The van der Waals surface area contributed by atoms with Crippen LogP contribution in [-0.4, -0.2) is 16.1 Å². The summed E-state index contributed by atoms with van der Waals surface area (Å²) in [5.41, 5.74) is 2.24. The second-order valence-electron chi connectivity index (χ2n) is 3.99. The highest BCUT2D eigenvalue weighted by molar-refractivity contribution is 6.30. The van der Waals surface area contributed by atoms with Crippen LogP contribution < -0.4 is 0 Å². The number of pyridine rings is 1. The van der Waals surface area contributed by atoms with Crippen molar-refractivity contribution in [2.24, 2.45) is 0 Å². The summed E-state index contributed by atoms with van der Waals surface area (Å²) in [7, 11) is 0. The average molecular weight is 262 g/mol. The van der Waals surface area contributed by atoms with Gasteiger partial charge >= 0.3 is 5.97 Å². The first-order chi connectivity index (χ1) is 8.65. The number of aromatic nitrogens is 1. The minimum absolute atomic E-state index is 0.0708. The Morgan fingerprint density at radius 2 is 1.94 bits per heavy atom. The number of benzene rings is 1. The Labute approximate surface area is 110 Å². The molecule has 0 atom stereocenters. The molecule has 0 saturated carbocycles. The number of carboxylic acid groups (broad SMARTS) is 1. The molecule has 3 nitrogen and oxygen atoms in total. The molecule has 0 bridgehead atoms. The smallest absolute Gasteiger partial charge is 0.354 e. The van der Waals surface area contributed by atoms with E-state index < -0.39 is 5.97 Å². The highest BCUT2D eigenvalue weighted by Gasteiger charge is 2.03. The molecule has 0 spiro atoms. The van der Waals surface area contributed by atoms with E-state index in [2.05, 4.69) is 4.98 Å². The van der Waals surface area contributed by atoms with Crippen LogP contribution in [0.5, 0.6) is 0 Å². The van der Waals surface area contributed by atoms with Gasteiger partial charge in [-0.05, 0) is 42.2 Å². The zero-order chi connectivity index (χ0) is 13.0. The van der Waals surface area contributed by atoms with E-state index in [1.165, 1.54) is 6.07 Å². The molecule has 1 aromatic carbocycles. The van der Waals surface area contributed by atoms with Gasteiger partial charge in [-0.25, -0.2) is 9.78 Å². The predicted octanol–water partition coefficient (Wildman–Crippen LogP) is 3.22. The summed E-state index contributed by atoms with van der Waals surface area (Å²) in [6.07, 6.45) is 3.27. The molecule has 4 heteroatoms. The van der Waals surface area contributed by atoms with Gasteiger partial charge in [-0.2, -0.15) is 0 Å². The number of halogens is 1. The van der Waals surface area contributed by atoms with E-state index in [0.717, 1.165) is 29.0 Å². The quantitative estimate of drug-likeness (QED) is 0.919. The molecule has 2 aromatic rings. The molecule has 0 saturated heterocycles. The van der Waals surface area contributed by atoms with Crippen molar-refractivity contribution in [1.82, 2.24) is 4.98 Å². The van der Waals surface area contributed by atoms with E-state index in [1.807, 2.05) is 24.3 Å². The van der Waals surface area contributed by atoms with Gasteiger partial charge in [0.25, 0.3) is 0 Å². The highest BCUT2D eigenvalue weighted by Crippen LogP contribution is 2.13. The molecule has 0 radical (unpaired) electrons. The van der Waals surface area contributed by atoms with Crippen molar-refractivity contribution in [1.29, 1.82) is 0 Å². The molecule has 0 aliphatic rings. The van der Waals surface area contributed by atoms with Gasteiger partial charge in [0.2, 0.25) is 0 Å². The van der Waals surface area contributed by atoms with Crippen molar-refractivity contribution in [3.05, 3.63) is 64.4 Å². The molecular formula is C14H12ClNO2. The molecular weight excluding hydrogens is 250 g/mol. The van der Waals surface area contributed by atoms with E-state index in [-0.39, 0.29) is 5.69 Å². The fourth-order valence-electron chi connectivity index (χ4n) is 1.68. The maximum absolute atomic E-state index is 10.7. The van der Waals surface area contributed by atoms with Crippen LogP contribution in [0.2, 0.25) is 5.02 Å². The second kappa shape index (κ2) is 5.65. The number of carbonyl (C=O) groups is 1. The topological polar surface area (TPSA) is 50.2 Å². The van der Waals surface area contributed by atoms with Crippen molar-refractivity contribution in [3.63, 3.8) is 0 Å². The van der Waals surface area contributed by atoms with Crippen molar-refractivity contribution in [3.8, 4) is 0 Å². The van der Waals surface area contributed by atoms with Crippen LogP contribution in [0.15, 0.2) is 42.6 Å². The van der Waals surface area contributed by atoms with Crippen molar-refractivity contribution in [2.45, 2.75) is 12.8 Å². The molecule has 18 heavy (non-hydrogen) atoms. The van der Waals surface area contributed by atoms with Crippen LogP contribution in [-0.2, 0) is 12.8 Å². The van der Waals surface area contributed by atoms with Crippen molar-refractivity contribution >= 4 is 17.6 Å². The van der Waals surface area contributed by atoms with E-state index in [0.29, 0.717) is 0 Å². The van der Waals surface area contributed by atoms with E-state index in [1.54, 1.807) is 12.3 Å². The molecule has 1 aromatic heterocycles. The van der Waals surface area contributed by atoms with Gasteiger partial charge < -0.3 is 5.11 Å². The molecule has 1 N–H and O–H groups in total. The van der Waals surface area contributed by atoms with Crippen LogP contribution in [0.3, 0.4) is 0 Å². The molecule has 1 heterocycles. The van der Waals surface area contributed by atoms with Crippen molar-refractivity contribution in [2.75, 3.05) is 0 Å². The Kier molecular flexibility index (Phi) is 3.95. The number of aromatic carboxylic acids is 1. The predicted molar refractivity (Wildman–Crippen MR) is 70.1 cm³/mol. The van der Waals surface area contributed by atoms with E-state index in [9.17, 15) is 4.79 Å². The highest BCUT2D eigenvalue weighted by atomic mass is 35.5. The fraction of sp³-hybridized carbons (Fsp3) is 0.143. The molecule has 92 valence electrons. The maximum Gasteiger partial charge on any atom is 0.354 e. The third kappa shape index (κ3) is 3.31. The lowest BCUT2D eigenvalue weighted by Crippen LogP contribution is -2.00. The first-order valence-electron chi connectivity index (χ1n) is 5.58. The summed E-state index contributed by atoms with van der Waals surface area (Å²) in [6.45, 7) is 0. The number of rotatable bonds is 4. The maximum atomic E-state index is 10.7. The second-order valence-corrected chi connectivity index (χ2v) is 4.42. The first-order valence-corrected chi connectivity index (χ1v) is 5.95. The fourth-order valence-corrected chi connectivity index (χ4v) is 1.89. The van der Waals surface area contributed by atoms with E-state index >= 15 is 0 Å². The Balaban J connectivity index is 2.00. The number of aryl methyl sites for hydroxylation is 2. The minimum Gasteiger partial charge on any atom is -0.477 e. The Hall–Kier alpha value is -1.87. The van der Waals surface area contributed by atoms with Crippen LogP contribution >= 0.6 is 11.6 Å². The largest absolute Gasteiger partial charge is 0.477 e. The summed E-state index contributed by atoms with van der Waals surface area (Å²) < 4.78 is 0. The van der Waals surface area contributed by atoms with Gasteiger partial charge in [0.05, 0.1) is 0 Å². The van der Waals surface area contributed by atoms with Gasteiger partial charge in [0.1, 0.15) is 5.69 Å². The summed E-state index contributed by atoms with van der Waals surface area (Å²) in [5.74, 6) is -1.00.